The van der Waals surface area contributed by atoms with Crippen LogP contribution in [0.15, 0.2) is 30.0 Å². The Balaban J connectivity index is 2.67. The molecule has 0 amide bonds. The van der Waals surface area contributed by atoms with Crippen molar-refractivity contribution in [2.24, 2.45) is 4.99 Å². The number of ether oxygens (including phenoxy) is 1. The molecule has 0 aromatic rings. The summed E-state index contributed by atoms with van der Waals surface area (Å²) in [5, 5.41) is 3.06. The molecular formula is C8H12N2O. The van der Waals surface area contributed by atoms with Crippen LogP contribution in [-0.4, -0.2) is 19.0 Å². The van der Waals surface area contributed by atoms with Crippen LogP contribution in [0.3, 0.4) is 0 Å². The molecule has 1 N–H and O–H groups in total. The van der Waals surface area contributed by atoms with E-state index in [0.29, 0.717) is 6.42 Å². The van der Waals surface area contributed by atoms with Crippen LogP contribution < -0.4 is 5.32 Å². The van der Waals surface area contributed by atoms with E-state index in [1.165, 1.54) is 0 Å². The van der Waals surface area contributed by atoms with Gasteiger partial charge in [-0.25, -0.2) is 0 Å². The van der Waals surface area contributed by atoms with Gasteiger partial charge in [0.15, 0.2) is 5.72 Å². The van der Waals surface area contributed by atoms with Crippen molar-refractivity contribution in [3.05, 3.63) is 25.1 Å². The minimum Gasteiger partial charge on any atom is -0.358 e. The molecule has 1 unspecified atom stereocenters. The van der Waals surface area contributed by atoms with Gasteiger partial charge in [0.2, 0.25) is 0 Å². The van der Waals surface area contributed by atoms with E-state index in [4.69, 9.17) is 4.74 Å². The normalized spacial score (nSPS) is 28.1. The quantitative estimate of drug-likeness (QED) is 0.613. The third-order valence-electron chi connectivity index (χ3n) is 1.58. The van der Waals surface area contributed by atoms with Crippen LogP contribution >= 0.6 is 0 Å². The standard InChI is InChI=1S/C8H12N2O/c1-3-4-8(11-2)7-9-5-6-10-8/h3,5-7,10H,1,4H2,2H3. The number of aliphatic imine (C=N–C) groups is 1. The van der Waals surface area contributed by atoms with Gasteiger partial charge in [0.1, 0.15) is 0 Å². The molecule has 0 radical (unpaired) electrons. The highest BCUT2D eigenvalue weighted by atomic mass is 16.5. The summed E-state index contributed by atoms with van der Waals surface area (Å²) in [4.78, 5) is 3.98. The summed E-state index contributed by atoms with van der Waals surface area (Å²) in [5.41, 5.74) is -0.476. The van der Waals surface area contributed by atoms with Crippen molar-refractivity contribution >= 4 is 6.21 Å². The van der Waals surface area contributed by atoms with Gasteiger partial charge in [-0.15, -0.1) is 6.58 Å². The zero-order chi connectivity index (χ0) is 8.16. The van der Waals surface area contributed by atoms with E-state index in [-0.39, 0.29) is 0 Å². The Morgan fingerprint density at radius 2 is 2.64 bits per heavy atom. The second kappa shape index (κ2) is 3.34. The summed E-state index contributed by atoms with van der Waals surface area (Å²) in [7, 11) is 1.64. The maximum absolute atomic E-state index is 5.24. The average molecular weight is 152 g/mol. The van der Waals surface area contributed by atoms with E-state index in [9.17, 15) is 0 Å². The fourth-order valence-electron chi connectivity index (χ4n) is 0.943. The lowest BCUT2D eigenvalue weighted by atomic mass is 10.1. The Morgan fingerprint density at radius 1 is 1.82 bits per heavy atom. The molecule has 60 valence electrons. The van der Waals surface area contributed by atoms with Crippen molar-refractivity contribution in [2.45, 2.75) is 12.1 Å². The highest BCUT2D eigenvalue weighted by molar-refractivity contribution is 5.70. The average Bonchev–Trinajstić information content (AvgIpc) is 2.07. The molecule has 0 saturated carbocycles. The molecule has 1 rings (SSSR count). The smallest absolute Gasteiger partial charge is 0.177 e. The van der Waals surface area contributed by atoms with Gasteiger partial charge in [-0.2, -0.15) is 0 Å². The first-order valence-corrected chi connectivity index (χ1v) is 3.46. The zero-order valence-corrected chi connectivity index (χ0v) is 6.58. The van der Waals surface area contributed by atoms with E-state index < -0.39 is 5.72 Å². The maximum atomic E-state index is 5.24. The molecule has 0 spiro atoms. The van der Waals surface area contributed by atoms with Crippen molar-refractivity contribution in [3.8, 4) is 0 Å². The molecule has 0 fully saturated rings. The predicted octanol–water partition coefficient (Wildman–Crippen LogP) is 1.05. The SMILES string of the molecule is C=CCC1(OC)C=NC=CN1. The molecule has 0 aliphatic carbocycles. The first-order valence-electron chi connectivity index (χ1n) is 3.46. The van der Waals surface area contributed by atoms with E-state index in [1.807, 2.05) is 0 Å². The molecule has 11 heavy (non-hydrogen) atoms. The van der Waals surface area contributed by atoms with Crippen LogP contribution in [0.1, 0.15) is 6.42 Å². The van der Waals surface area contributed by atoms with Gasteiger partial charge >= 0.3 is 0 Å². The van der Waals surface area contributed by atoms with Crippen molar-refractivity contribution in [1.82, 2.24) is 5.32 Å². The van der Waals surface area contributed by atoms with E-state index in [0.717, 1.165) is 0 Å². The second-order valence-corrected chi connectivity index (χ2v) is 2.32. The fourth-order valence-corrected chi connectivity index (χ4v) is 0.943. The molecule has 0 bridgehead atoms. The molecule has 1 atom stereocenters. The minimum absolute atomic E-state index is 0.476. The lowest BCUT2D eigenvalue weighted by Crippen LogP contribution is -2.46. The van der Waals surface area contributed by atoms with Crippen LogP contribution in [0.4, 0.5) is 0 Å². The van der Waals surface area contributed by atoms with E-state index >= 15 is 0 Å². The fraction of sp³-hybridized carbons (Fsp3) is 0.375. The Morgan fingerprint density at radius 3 is 3.09 bits per heavy atom. The second-order valence-electron chi connectivity index (χ2n) is 2.32. The van der Waals surface area contributed by atoms with Crippen molar-refractivity contribution in [3.63, 3.8) is 0 Å². The van der Waals surface area contributed by atoms with Crippen molar-refractivity contribution in [1.29, 1.82) is 0 Å². The number of methoxy groups -OCH3 is 1. The van der Waals surface area contributed by atoms with E-state index in [2.05, 4.69) is 16.9 Å². The van der Waals surface area contributed by atoms with Gasteiger partial charge in [0, 0.05) is 25.9 Å². The minimum atomic E-state index is -0.476. The monoisotopic (exact) mass is 152 g/mol. The van der Waals surface area contributed by atoms with E-state index in [1.54, 1.807) is 31.8 Å². The van der Waals surface area contributed by atoms with Crippen LogP contribution in [-0.2, 0) is 4.74 Å². The lowest BCUT2D eigenvalue weighted by molar-refractivity contribution is 0.0380. The summed E-state index contributed by atoms with van der Waals surface area (Å²) in [6.07, 6.45) is 7.67. The molecule has 3 heteroatoms. The van der Waals surface area contributed by atoms with Crippen LogP contribution in [0.2, 0.25) is 0 Å². The van der Waals surface area contributed by atoms with Gasteiger partial charge in [-0.05, 0) is 0 Å². The summed E-state index contributed by atoms with van der Waals surface area (Å²) in [6, 6.07) is 0. The maximum Gasteiger partial charge on any atom is 0.177 e. The largest absolute Gasteiger partial charge is 0.358 e. The summed E-state index contributed by atoms with van der Waals surface area (Å²) in [6.45, 7) is 3.64. The Bertz CT molecular complexity index is 194. The Labute approximate surface area is 66.5 Å². The third kappa shape index (κ3) is 1.68. The zero-order valence-electron chi connectivity index (χ0n) is 6.58. The molecule has 0 saturated heterocycles. The molecule has 0 aromatic heterocycles. The number of rotatable bonds is 3. The summed E-state index contributed by atoms with van der Waals surface area (Å²) >= 11 is 0. The molecule has 1 aliphatic heterocycles. The number of hydrogen-bond donors (Lipinski definition) is 1. The molecule has 1 heterocycles. The highest BCUT2D eigenvalue weighted by Crippen LogP contribution is 2.11. The third-order valence-corrected chi connectivity index (χ3v) is 1.58. The van der Waals surface area contributed by atoms with Crippen LogP contribution in [0.25, 0.3) is 0 Å². The Kier molecular flexibility index (Phi) is 2.44. The first-order chi connectivity index (χ1) is 5.33. The van der Waals surface area contributed by atoms with Gasteiger partial charge in [-0.1, -0.05) is 6.08 Å². The van der Waals surface area contributed by atoms with Gasteiger partial charge in [-0.3, -0.25) is 4.99 Å². The Hall–Kier alpha value is -1.09. The molecule has 3 nitrogen and oxygen atoms in total. The van der Waals surface area contributed by atoms with Crippen LogP contribution in [0.5, 0.6) is 0 Å². The van der Waals surface area contributed by atoms with Gasteiger partial charge in [0.05, 0.1) is 6.21 Å². The first kappa shape index (κ1) is 8.01. The van der Waals surface area contributed by atoms with Crippen molar-refractivity contribution < 1.29 is 4.74 Å². The molecule has 0 aromatic carbocycles. The summed E-state index contributed by atoms with van der Waals surface area (Å²) in [5.74, 6) is 0. The van der Waals surface area contributed by atoms with Crippen LogP contribution in [0, 0.1) is 0 Å². The number of nitrogens with zero attached hydrogens (tertiary/aromatic N) is 1. The molecule has 1 aliphatic rings. The lowest BCUT2D eigenvalue weighted by Gasteiger charge is -2.28. The topological polar surface area (TPSA) is 33.6 Å². The number of nitrogens with one attached hydrogen (secondary N) is 1. The molecular weight excluding hydrogens is 140 g/mol. The predicted molar refractivity (Wildman–Crippen MR) is 45.3 cm³/mol. The van der Waals surface area contributed by atoms with Gasteiger partial charge < -0.3 is 10.1 Å². The number of hydrogen-bond acceptors (Lipinski definition) is 3. The highest BCUT2D eigenvalue weighted by Gasteiger charge is 2.25. The van der Waals surface area contributed by atoms with Gasteiger partial charge in [0.25, 0.3) is 0 Å². The van der Waals surface area contributed by atoms with Crippen molar-refractivity contribution in [2.75, 3.05) is 7.11 Å². The summed E-state index contributed by atoms with van der Waals surface area (Å²) < 4.78 is 5.24.